The smallest absolute Gasteiger partial charge is 0.323 e. The predicted molar refractivity (Wildman–Crippen MR) is 128 cm³/mol. The van der Waals surface area contributed by atoms with Crippen LogP contribution in [-0.4, -0.2) is 34.4 Å². The van der Waals surface area contributed by atoms with Crippen molar-refractivity contribution >= 4 is 50.4 Å². The fourth-order valence-corrected chi connectivity index (χ4v) is 4.40. The lowest BCUT2D eigenvalue weighted by Gasteiger charge is -2.25. The minimum absolute atomic E-state index is 0.00714. The molecule has 0 spiro atoms. The minimum atomic E-state index is -1.09. The summed E-state index contributed by atoms with van der Waals surface area (Å²) in [4.78, 5) is 37.5. The van der Waals surface area contributed by atoms with Gasteiger partial charge in [0, 0.05) is 10.9 Å². The molecule has 1 N–H and O–H groups in total. The lowest BCUT2D eigenvalue weighted by atomic mass is 10.1. The Bertz CT molecular complexity index is 723. The summed E-state index contributed by atoms with van der Waals surface area (Å²) in [5, 5.41) is 9.27. The van der Waals surface area contributed by atoms with E-state index in [9.17, 15) is 19.5 Å². The van der Waals surface area contributed by atoms with Gasteiger partial charge in [-0.1, -0.05) is 85.6 Å². The van der Waals surface area contributed by atoms with Crippen LogP contribution in [-0.2, 0) is 14.4 Å². The molecule has 1 rings (SSSR count). The van der Waals surface area contributed by atoms with Crippen molar-refractivity contribution in [3.05, 3.63) is 27.7 Å². The first-order valence-electron chi connectivity index (χ1n) is 10.7. The Balaban J connectivity index is 2.52. The molecule has 0 aromatic heterocycles. The van der Waals surface area contributed by atoms with E-state index in [1.165, 1.54) is 37.0 Å². The van der Waals surface area contributed by atoms with Crippen molar-refractivity contribution in [2.45, 2.75) is 78.6 Å². The van der Waals surface area contributed by atoms with Crippen LogP contribution < -0.4 is 4.90 Å². The molecule has 1 aromatic carbocycles. The summed E-state index contributed by atoms with van der Waals surface area (Å²) < 4.78 is 0.810. The maximum atomic E-state index is 12.8. The SMILES string of the molecule is CCCCCCCCCCC(=O)SCC(=O)N(CC(=O)O)c1c(C)ccc(Br)c1C. The molecule has 0 fully saturated rings. The number of benzene rings is 1. The second kappa shape index (κ2) is 14.6. The second-order valence-corrected chi connectivity index (χ2v) is 9.48. The molecule has 5 nitrogen and oxygen atoms in total. The monoisotopic (exact) mass is 499 g/mol. The number of halogens is 1. The number of carbonyl (C=O) groups is 3. The van der Waals surface area contributed by atoms with E-state index in [4.69, 9.17) is 0 Å². The van der Waals surface area contributed by atoms with Gasteiger partial charge in [-0.2, -0.15) is 0 Å². The average Bonchev–Trinajstić information content (AvgIpc) is 2.70. The highest BCUT2D eigenvalue weighted by Crippen LogP contribution is 2.31. The maximum absolute atomic E-state index is 12.8. The molecular weight excluding hydrogens is 466 g/mol. The third-order valence-corrected chi connectivity index (χ3v) is 6.80. The molecule has 0 saturated heterocycles. The molecule has 1 aromatic rings. The molecule has 1 amide bonds. The molecule has 0 unspecified atom stereocenters. The molecular formula is C23H34BrNO4S. The van der Waals surface area contributed by atoms with Crippen molar-refractivity contribution in [1.29, 1.82) is 0 Å². The number of aliphatic carboxylic acids is 1. The number of carbonyl (C=O) groups excluding carboxylic acids is 2. The number of rotatable bonds is 14. The van der Waals surface area contributed by atoms with E-state index in [0.29, 0.717) is 12.1 Å². The predicted octanol–water partition coefficient (Wildman–Crippen LogP) is 6.27. The summed E-state index contributed by atoms with van der Waals surface area (Å²) in [6, 6.07) is 3.72. The van der Waals surface area contributed by atoms with Crippen LogP contribution in [0, 0.1) is 13.8 Å². The Hall–Kier alpha value is -1.34. The third-order valence-electron chi connectivity index (χ3n) is 5.02. The quantitative estimate of drug-likeness (QED) is 0.305. The number of thioether (sulfide) groups is 1. The van der Waals surface area contributed by atoms with E-state index < -0.39 is 12.5 Å². The van der Waals surface area contributed by atoms with Crippen molar-refractivity contribution in [1.82, 2.24) is 0 Å². The van der Waals surface area contributed by atoms with Crippen molar-refractivity contribution in [3.63, 3.8) is 0 Å². The second-order valence-electron chi connectivity index (χ2n) is 7.60. The molecule has 0 radical (unpaired) electrons. The Morgan fingerprint density at radius 3 is 2.20 bits per heavy atom. The highest BCUT2D eigenvalue weighted by molar-refractivity contribution is 9.10. The van der Waals surface area contributed by atoms with Gasteiger partial charge < -0.3 is 5.11 Å². The highest BCUT2D eigenvalue weighted by atomic mass is 79.9. The topological polar surface area (TPSA) is 74.7 Å². The molecule has 0 atom stereocenters. The van der Waals surface area contributed by atoms with Crippen LogP contribution in [0.3, 0.4) is 0 Å². The van der Waals surface area contributed by atoms with Gasteiger partial charge in [-0.3, -0.25) is 19.3 Å². The minimum Gasteiger partial charge on any atom is -0.480 e. The number of anilines is 1. The number of hydrogen-bond acceptors (Lipinski definition) is 4. The van der Waals surface area contributed by atoms with Crippen molar-refractivity contribution in [2.24, 2.45) is 0 Å². The number of nitrogens with zero attached hydrogens (tertiary/aromatic N) is 1. The summed E-state index contributed by atoms with van der Waals surface area (Å²) >= 11 is 4.43. The van der Waals surface area contributed by atoms with Crippen LogP contribution in [0.4, 0.5) is 5.69 Å². The Morgan fingerprint density at radius 2 is 1.60 bits per heavy atom. The lowest BCUT2D eigenvalue weighted by Crippen LogP contribution is -2.38. The summed E-state index contributed by atoms with van der Waals surface area (Å²) in [6.45, 7) is 5.46. The first-order chi connectivity index (χ1) is 14.3. The fourth-order valence-electron chi connectivity index (χ4n) is 3.35. The van der Waals surface area contributed by atoms with Gasteiger partial charge in [0.15, 0.2) is 5.12 Å². The van der Waals surface area contributed by atoms with E-state index in [-0.39, 0.29) is 16.8 Å². The van der Waals surface area contributed by atoms with E-state index >= 15 is 0 Å². The van der Waals surface area contributed by atoms with Crippen LogP contribution in [0.25, 0.3) is 0 Å². The van der Waals surface area contributed by atoms with Crippen LogP contribution in [0.1, 0.15) is 75.8 Å². The average molecular weight is 500 g/mol. The molecule has 0 saturated carbocycles. The van der Waals surface area contributed by atoms with Crippen molar-refractivity contribution < 1.29 is 19.5 Å². The lowest BCUT2D eigenvalue weighted by molar-refractivity contribution is -0.136. The number of hydrogen-bond donors (Lipinski definition) is 1. The van der Waals surface area contributed by atoms with Crippen molar-refractivity contribution in [2.75, 3.05) is 17.2 Å². The Kier molecular flexibility index (Phi) is 13.0. The fraction of sp³-hybridized carbons (Fsp3) is 0.609. The van der Waals surface area contributed by atoms with Crippen LogP contribution in [0.5, 0.6) is 0 Å². The Labute approximate surface area is 193 Å². The van der Waals surface area contributed by atoms with Gasteiger partial charge in [-0.15, -0.1) is 0 Å². The normalized spacial score (nSPS) is 10.8. The van der Waals surface area contributed by atoms with E-state index in [0.717, 1.165) is 46.6 Å². The van der Waals surface area contributed by atoms with Crippen LogP contribution >= 0.6 is 27.7 Å². The number of carboxylic acids is 1. The number of unbranched alkanes of at least 4 members (excludes halogenated alkanes) is 7. The van der Waals surface area contributed by atoms with Gasteiger partial charge in [-0.25, -0.2) is 0 Å². The van der Waals surface area contributed by atoms with E-state index in [2.05, 4.69) is 22.9 Å². The molecule has 0 aliphatic carbocycles. The van der Waals surface area contributed by atoms with Crippen LogP contribution in [0.15, 0.2) is 16.6 Å². The van der Waals surface area contributed by atoms with E-state index in [1.54, 1.807) is 0 Å². The first kappa shape index (κ1) is 26.7. The number of amides is 1. The molecule has 0 aliphatic heterocycles. The highest BCUT2D eigenvalue weighted by Gasteiger charge is 2.23. The maximum Gasteiger partial charge on any atom is 0.323 e. The zero-order valence-electron chi connectivity index (χ0n) is 18.3. The van der Waals surface area contributed by atoms with Gasteiger partial charge in [-0.05, 0) is 37.5 Å². The zero-order valence-corrected chi connectivity index (χ0v) is 20.7. The van der Waals surface area contributed by atoms with Gasteiger partial charge >= 0.3 is 5.97 Å². The summed E-state index contributed by atoms with van der Waals surface area (Å²) in [5.74, 6) is -1.50. The molecule has 0 aliphatic rings. The third kappa shape index (κ3) is 9.65. The van der Waals surface area contributed by atoms with Gasteiger partial charge in [0.25, 0.3) is 0 Å². The standard InChI is InChI=1S/C23H34BrNO4S/c1-4-5-6-7-8-9-10-11-12-22(29)30-16-20(26)25(15-21(27)28)23-17(2)13-14-19(24)18(23)3/h13-14H,4-12,15-16H2,1-3H3,(H,27,28). The van der Waals surface area contributed by atoms with E-state index in [1.807, 2.05) is 26.0 Å². The van der Waals surface area contributed by atoms with Gasteiger partial charge in [0.2, 0.25) is 5.91 Å². The molecule has 168 valence electrons. The molecule has 30 heavy (non-hydrogen) atoms. The van der Waals surface area contributed by atoms with Gasteiger partial charge in [0.05, 0.1) is 11.4 Å². The molecule has 0 bridgehead atoms. The molecule has 0 heterocycles. The molecule has 7 heteroatoms. The van der Waals surface area contributed by atoms with Gasteiger partial charge in [0.1, 0.15) is 6.54 Å². The van der Waals surface area contributed by atoms with Crippen LogP contribution in [0.2, 0.25) is 0 Å². The largest absolute Gasteiger partial charge is 0.480 e. The first-order valence-corrected chi connectivity index (χ1v) is 12.5. The number of carboxylic acid groups (broad SMARTS) is 1. The zero-order chi connectivity index (χ0) is 22.5. The summed E-state index contributed by atoms with van der Waals surface area (Å²) in [5.41, 5.74) is 2.22. The summed E-state index contributed by atoms with van der Waals surface area (Å²) in [6.07, 6.45) is 9.79. The van der Waals surface area contributed by atoms with Crippen molar-refractivity contribution in [3.8, 4) is 0 Å². The summed E-state index contributed by atoms with van der Waals surface area (Å²) in [7, 11) is 0. The Morgan fingerprint density at radius 1 is 1.00 bits per heavy atom. The number of aryl methyl sites for hydroxylation is 1.